The van der Waals surface area contributed by atoms with Gasteiger partial charge in [-0.3, -0.25) is 4.79 Å². The van der Waals surface area contributed by atoms with Crippen molar-refractivity contribution in [3.8, 4) is 0 Å². The normalized spacial score (nSPS) is 25.3. The lowest BCUT2D eigenvalue weighted by atomic mass is 9.82. The van der Waals surface area contributed by atoms with Gasteiger partial charge in [0.25, 0.3) is 0 Å². The van der Waals surface area contributed by atoms with Crippen LogP contribution >= 0.6 is 11.6 Å². The number of rotatable bonds is 7. The monoisotopic (exact) mass is 346 g/mol. The molecule has 1 aliphatic rings. The van der Waals surface area contributed by atoms with E-state index >= 15 is 0 Å². The third-order valence-corrected chi connectivity index (χ3v) is 12.3. The summed E-state index contributed by atoms with van der Waals surface area (Å²) < 4.78 is 6.87. The number of alkyl halides is 1. The van der Waals surface area contributed by atoms with E-state index in [9.17, 15) is 4.79 Å². The molecule has 1 saturated carbocycles. The van der Waals surface area contributed by atoms with Crippen LogP contribution in [0.1, 0.15) is 80.6 Å². The summed E-state index contributed by atoms with van der Waals surface area (Å²) in [7, 11) is -2.01. The fourth-order valence-electron chi connectivity index (χ4n) is 4.51. The van der Waals surface area contributed by atoms with Crippen LogP contribution in [0.2, 0.25) is 16.6 Å². The summed E-state index contributed by atoms with van der Waals surface area (Å²) in [5.74, 6) is 0.200. The summed E-state index contributed by atoms with van der Waals surface area (Å²) in [6.07, 6.45) is 4.07. The van der Waals surface area contributed by atoms with Crippen molar-refractivity contribution in [1.29, 1.82) is 0 Å². The Morgan fingerprint density at radius 2 is 1.59 bits per heavy atom. The molecule has 1 unspecified atom stereocenters. The van der Waals surface area contributed by atoms with E-state index in [1.165, 1.54) is 0 Å². The minimum absolute atomic E-state index is 0.138. The first-order valence-corrected chi connectivity index (χ1v) is 11.5. The summed E-state index contributed by atoms with van der Waals surface area (Å²) in [5, 5.41) is 0. The Hall–Kier alpha value is 0.137. The van der Waals surface area contributed by atoms with E-state index in [4.69, 9.17) is 16.0 Å². The van der Waals surface area contributed by atoms with E-state index in [-0.39, 0.29) is 11.9 Å². The number of carbonyl (C=O) groups excluding carboxylic acids is 1. The van der Waals surface area contributed by atoms with Gasteiger partial charge in [-0.15, -0.1) is 11.6 Å². The molecule has 2 nitrogen and oxygen atoms in total. The Labute approximate surface area is 143 Å². The molecule has 4 heteroatoms. The summed E-state index contributed by atoms with van der Waals surface area (Å²) >= 11 is 6.86. The van der Waals surface area contributed by atoms with Crippen LogP contribution in [0.15, 0.2) is 0 Å². The minimum atomic E-state index is -2.01. The average Bonchev–Trinajstić information content (AvgIpc) is 2.42. The SMILES string of the molecule is CC[C@H](O[Si](C(C)C)(C(C)C)C(C)C)C1(Cl)CCCCC1=O. The zero-order valence-electron chi connectivity index (χ0n) is 15.5. The third-order valence-electron chi connectivity index (χ3n) is 5.59. The van der Waals surface area contributed by atoms with Gasteiger partial charge in [-0.05, 0) is 35.9 Å². The highest BCUT2D eigenvalue weighted by atomic mass is 35.5. The van der Waals surface area contributed by atoms with E-state index in [1.54, 1.807) is 0 Å². The maximum atomic E-state index is 12.5. The van der Waals surface area contributed by atoms with Crippen LogP contribution in [0.5, 0.6) is 0 Å². The molecule has 1 fully saturated rings. The summed E-state index contributed by atoms with van der Waals surface area (Å²) in [4.78, 5) is 11.7. The third kappa shape index (κ3) is 3.62. The lowest BCUT2D eigenvalue weighted by Crippen LogP contribution is -2.57. The fourth-order valence-corrected chi connectivity index (χ4v) is 10.7. The Kier molecular flexibility index (Phi) is 7.16. The van der Waals surface area contributed by atoms with Crippen molar-refractivity contribution in [2.45, 2.75) is 108 Å². The van der Waals surface area contributed by atoms with Crippen molar-refractivity contribution in [3.05, 3.63) is 0 Å². The van der Waals surface area contributed by atoms with E-state index in [2.05, 4.69) is 48.5 Å². The second-order valence-corrected chi connectivity index (χ2v) is 13.9. The number of ketones is 1. The molecule has 130 valence electrons. The van der Waals surface area contributed by atoms with Crippen LogP contribution in [-0.2, 0) is 9.22 Å². The molecule has 0 heterocycles. The van der Waals surface area contributed by atoms with Gasteiger partial charge in [-0.1, -0.05) is 54.9 Å². The molecule has 0 aromatic rings. The predicted octanol–water partition coefficient (Wildman–Crippen LogP) is 6.08. The summed E-state index contributed by atoms with van der Waals surface area (Å²) in [6, 6.07) is 0. The number of Topliss-reactive ketones (excluding diaryl/α,β-unsaturated/α-hetero) is 1. The van der Waals surface area contributed by atoms with Crippen molar-refractivity contribution in [3.63, 3.8) is 0 Å². The largest absolute Gasteiger partial charge is 0.411 e. The molecule has 1 rings (SSSR count). The molecule has 0 aromatic heterocycles. The first-order chi connectivity index (χ1) is 10.1. The van der Waals surface area contributed by atoms with Crippen LogP contribution in [-0.4, -0.2) is 25.1 Å². The van der Waals surface area contributed by atoms with E-state index < -0.39 is 13.2 Å². The molecule has 0 aliphatic heterocycles. The van der Waals surface area contributed by atoms with Gasteiger partial charge in [0.2, 0.25) is 8.32 Å². The quantitative estimate of drug-likeness (QED) is 0.412. The molecular weight excluding hydrogens is 312 g/mol. The second-order valence-electron chi connectivity index (χ2n) is 7.83. The first-order valence-electron chi connectivity index (χ1n) is 9.02. The fraction of sp³-hybridized carbons (Fsp3) is 0.944. The number of carbonyl (C=O) groups is 1. The lowest BCUT2D eigenvalue weighted by molar-refractivity contribution is -0.126. The van der Waals surface area contributed by atoms with Crippen LogP contribution in [0, 0.1) is 0 Å². The Bertz CT molecular complexity index is 360. The van der Waals surface area contributed by atoms with Crippen molar-refractivity contribution in [2.75, 3.05) is 0 Å². The van der Waals surface area contributed by atoms with Crippen molar-refractivity contribution >= 4 is 25.7 Å². The molecule has 2 atom stereocenters. The number of hydrogen-bond donors (Lipinski definition) is 0. The van der Waals surface area contributed by atoms with Crippen LogP contribution in [0.4, 0.5) is 0 Å². The molecule has 0 bridgehead atoms. The summed E-state index contributed by atoms with van der Waals surface area (Å²) in [6.45, 7) is 15.8. The van der Waals surface area contributed by atoms with Gasteiger partial charge in [0.1, 0.15) is 4.87 Å². The van der Waals surface area contributed by atoms with Gasteiger partial charge in [0, 0.05) is 6.42 Å². The molecular formula is C18H35ClO2Si. The lowest BCUT2D eigenvalue weighted by Gasteiger charge is -2.48. The van der Waals surface area contributed by atoms with Crippen molar-refractivity contribution in [2.24, 2.45) is 0 Å². The zero-order valence-corrected chi connectivity index (χ0v) is 17.3. The molecule has 0 amide bonds. The minimum Gasteiger partial charge on any atom is -0.411 e. The predicted molar refractivity (Wildman–Crippen MR) is 98.3 cm³/mol. The average molecular weight is 347 g/mol. The highest BCUT2D eigenvalue weighted by molar-refractivity contribution is 6.77. The van der Waals surface area contributed by atoms with E-state index in [0.717, 1.165) is 25.7 Å². The van der Waals surface area contributed by atoms with E-state index in [0.29, 0.717) is 23.0 Å². The molecule has 0 saturated heterocycles. The van der Waals surface area contributed by atoms with E-state index in [1.807, 2.05) is 0 Å². The maximum Gasteiger partial charge on any atom is 0.200 e. The molecule has 22 heavy (non-hydrogen) atoms. The smallest absolute Gasteiger partial charge is 0.200 e. The molecule has 0 spiro atoms. The molecule has 0 radical (unpaired) electrons. The van der Waals surface area contributed by atoms with Gasteiger partial charge in [-0.2, -0.15) is 0 Å². The van der Waals surface area contributed by atoms with Gasteiger partial charge in [0.05, 0.1) is 6.10 Å². The van der Waals surface area contributed by atoms with Gasteiger partial charge >= 0.3 is 0 Å². The van der Waals surface area contributed by atoms with Crippen molar-refractivity contribution < 1.29 is 9.22 Å². The maximum absolute atomic E-state index is 12.5. The topological polar surface area (TPSA) is 26.3 Å². The Morgan fingerprint density at radius 1 is 1.09 bits per heavy atom. The highest BCUT2D eigenvalue weighted by Gasteiger charge is 2.52. The standard InChI is InChI=1S/C18H35ClO2Si/c1-8-17(18(19)12-10-9-11-16(18)20)21-22(13(2)3,14(4)5)15(6)7/h13-15,17H,8-12H2,1-7H3/t17-,18?/m0/s1. The van der Waals surface area contributed by atoms with Gasteiger partial charge < -0.3 is 4.43 Å². The van der Waals surface area contributed by atoms with Crippen LogP contribution < -0.4 is 0 Å². The van der Waals surface area contributed by atoms with Crippen molar-refractivity contribution in [1.82, 2.24) is 0 Å². The Balaban J connectivity index is 3.15. The number of halogens is 1. The van der Waals surface area contributed by atoms with Gasteiger partial charge in [0.15, 0.2) is 5.78 Å². The molecule has 1 aliphatic carbocycles. The summed E-state index contributed by atoms with van der Waals surface area (Å²) in [5.41, 5.74) is 1.54. The zero-order chi connectivity index (χ0) is 17.1. The Morgan fingerprint density at radius 3 is 1.95 bits per heavy atom. The van der Waals surface area contributed by atoms with Gasteiger partial charge in [-0.25, -0.2) is 0 Å². The second kappa shape index (κ2) is 7.81. The first kappa shape index (κ1) is 20.2. The highest BCUT2D eigenvalue weighted by Crippen LogP contribution is 2.46. The van der Waals surface area contributed by atoms with Crippen LogP contribution in [0.25, 0.3) is 0 Å². The molecule has 0 aromatic carbocycles. The number of hydrogen-bond acceptors (Lipinski definition) is 2. The van der Waals surface area contributed by atoms with Crippen LogP contribution in [0.3, 0.4) is 0 Å². The molecule has 0 N–H and O–H groups in total.